The molecule has 0 saturated heterocycles. The minimum Gasteiger partial charge on any atom is -0.484 e. The molecule has 2 N–H and O–H groups in total. The maximum atomic E-state index is 13.3. The van der Waals surface area contributed by atoms with Gasteiger partial charge in [-0.25, -0.2) is 0 Å². The molecule has 8 nitrogen and oxygen atoms in total. The molecule has 0 bridgehead atoms. The van der Waals surface area contributed by atoms with E-state index in [-0.39, 0.29) is 30.7 Å². The zero-order valence-electron chi connectivity index (χ0n) is 12.5. The molecule has 0 aromatic heterocycles. The van der Waals surface area contributed by atoms with Crippen LogP contribution in [-0.2, 0) is 9.53 Å². The summed E-state index contributed by atoms with van der Waals surface area (Å²) in [4.78, 5) is 21.1. The Labute approximate surface area is 138 Å². The molecule has 0 aliphatic rings. The number of methoxy groups -OCH3 is 1. The summed E-state index contributed by atoms with van der Waals surface area (Å²) >= 11 is 0. The van der Waals surface area contributed by atoms with Crippen molar-refractivity contribution in [2.75, 3.05) is 40.0 Å². The van der Waals surface area contributed by atoms with E-state index in [9.17, 15) is 19.3 Å². The van der Waals surface area contributed by atoms with Gasteiger partial charge in [-0.2, -0.15) is 4.39 Å². The minimum atomic E-state index is -1.01. The number of carbonyl (C=O) groups is 1. The summed E-state index contributed by atoms with van der Waals surface area (Å²) in [5, 5.41) is 16.1. The van der Waals surface area contributed by atoms with Crippen molar-refractivity contribution >= 4 is 24.0 Å². The molecule has 1 rings (SSSR count). The average molecular weight is 352 g/mol. The second-order valence-corrected chi connectivity index (χ2v) is 4.25. The third kappa shape index (κ3) is 8.29. The number of nitrogens with one attached hydrogen (secondary N) is 2. The summed E-state index contributed by atoms with van der Waals surface area (Å²) in [7, 11) is 1.60. The Morgan fingerprint density at radius 3 is 2.70 bits per heavy atom. The molecule has 1 amide bonds. The van der Waals surface area contributed by atoms with Crippen LogP contribution in [0.3, 0.4) is 0 Å². The van der Waals surface area contributed by atoms with E-state index >= 15 is 0 Å². The van der Waals surface area contributed by atoms with E-state index < -0.39 is 16.4 Å². The van der Waals surface area contributed by atoms with Gasteiger partial charge in [-0.15, -0.1) is 12.4 Å². The van der Waals surface area contributed by atoms with Crippen molar-refractivity contribution in [3.05, 3.63) is 34.1 Å². The molecule has 1 aromatic rings. The smallest absolute Gasteiger partial charge is 0.305 e. The molecular weight excluding hydrogens is 333 g/mol. The van der Waals surface area contributed by atoms with Crippen molar-refractivity contribution in [1.29, 1.82) is 0 Å². The number of nitro groups is 1. The van der Waals surface area contributed by atoms with Gasteiger partial charge in [-0.1, -0.05) is 0 Å². The van der Waals surface area contributed by atoms with Gasteiger partial charge in [0.1, 0.15) is 5.75 Å². The number of hydrogen-bond donors (Lipinski definition) is 2. The number of benzene rings is 1. The lowest BCUT2D eigenvalue weighted by Gasteiger charge is -2.08. The summed E-state index contributed by atoms with van der Waals surface area (Å²) in [6.45, 7) is 1.98. The summed E-state index contributed by atoms with van der Waals surface area (Å²) in [6.07, 6.45) is 0. The van der Waals surface area contributed by atoms with Gasteiger partial charge in [-0.05, 0) is 6.07 Å². The normalized spacial score (nSPS) is 9.83. The number of hydrogen-bond acceptors (Lipinski definition) is 6. The van der Waals surface area contributed by atoms with Crippen molar-refractivity contribution in [2.24, 2.45) is 0 Å². The largest absolute Gasteiger partial charge is 0.484 e. The highest BCUT2D eigenvalue weighted by Gasteiger charge is 2.14. The van der Waals surface area contributed by atoms with Crippen LogP contribution in [0.2, 0.25) is 0 Å². The van der Waals surface area contributed by atoms with Crippen LogP contribution < -0.4 is 15.4 Å². The maximum absolute atomic E-state index is 13.3. The van der Waals surface area contributed by atoms with Gasteiger partial charge >= 0.3 is 5.69 Å². The average Bonchev–Trinajstić information content (AvgIpc) is 2.48. The Bertz CT molecular complexity index is 518. The molecule has 10 heteroatoms. The predicted molar refractivity (Wildman–Crippen MR) is 83.6 cm³/mol. The van der Waals surface area contributed by atoms with Crippen LogP contribution in [0.15, 0.2) is 18.2 Å². The zero-order valence-corrected chi connectivity index (χ0v) is 13.4. The van der Waals surface area contributed by atoms with Crippen molar-refractivity contribution in [3.8, 4) is 5.75 Å². The molecule has 0 atom stereocenters. The number of amides is 1. The number of nitrogens with zero attached hydrogens (tertiary/aromatic N) is 1. The Kier molecular flexibility index (Phi) is 10.6. The van der Waals surface area contributed by atoms with E-state index in [4.69, 9.17) is 9.47 Å². The van der Waals surface area contributed by atoms with Gasteiger partial charge in [0.2, 0.25) is 5.82 Å². The molecule has 0 unspecified atom stereocenters. The molecular formula is C13H19ClFN3O5. The summed E-state index contributed by atoms with van der Waals surface area (Å²) in [5.74, 6) is -1.32. The fraction of sp³-hybridized carbons (Fsp3) is 0.462. The van der Waals surface area contributed by atoms with Crippen molar-refractivity contribution in [2.45, 2.75) is 0 Å². The first-order chi connectivity index (χ1) is 10.5. The van der Waals surface area contributed by atoms with Crippen LogP contribution >= 0.6 is 12.4 Å². The number of halogens is 2. The van der Waals surface area contributed by atoms with Crippen LogP contribution in [0.4, 0.5) is 10.1 Å². The molecule has 0 spiro atoms. The van der Waals surface area contributed by atoms with E-state index in [0.717, 1.165) is 12.1 Å². The number of carbonyl (C=O) groups excluding carboxylic acids is 1. The van der Waals surface area contributed by atoms with Gasteiger partial charge in [0.05, 0.1) is 11.5 Å². The monoisotopic (exact) mass is 351 g/mol. The predicted octanol–water partition coefficient (Wildman–Crippen LogP) is 0.887. The number of ether oxygens (including phenoxy) is 2. The lowest BCUT2D eigenvalue weighted by molar-refractivity contribution is -0.387. The SMILES string of the molecule is COCCNCCNC(=O)COc1ccc([N+](=O)[O-])c(F)c1.Cl. The van der Waals surface area contributed by atoms with Crippen LogP contribution in [0, 0.1) is 15.9 Å². The molecule has 0 radical (unpaired) electrons. The van der Waals surface area contributed by atoms with E-state index in [1.807, 2.05) is 0 Å². The highest BCUT2D eigenvalue weighted by Crippen LogP contribution is 2.22. The lowest BCUT2D eigenvalue weighted by atomic mass is 10.3. The van der Waals surface area contributed by atoms with E-state index in [0.29, 0.717) is 26.2 Å². The Balaban J connectivity index is 0.00000484. The molecule has 0 saturated carbocycles. The van der Waals surface area contributed by atoms with E-state index in [1.54, 1.807) is 7.11 Å². The second kappa shape index (κ2) is 11.6. The number of rotatable bonds is 10. The van der Waals surface area contributed by atoms with Gasteiger partial charge in [-0.3, -0.25) is 14.9 Å². The van der Waals surface area contributed by atoms with E-state index in [1.165, 1.54) is 6.07 Å². The first-order valence-electron chi connectivity index (χ1n) is 6.57. The standard InChI is InChI=1S/C13H18FN3O5.ClH/c1-21-7-6-15-4-5-16-13(18)9-22-10-2-3-12(17(19)20)11(14)8-10;/h2-3,8,15H,4-7,9H2,1H3,(H,16,18);1H. The van der Waals surface area contributed by atoms with Crippen LogP contribution in [0.25, 0.3) is 0 Å². The maximum Gasteiger partial charge on any atom is 0.305 e. The molecule has 0 heterocycles. The van der Waals surface area contributed by atoms with Gasteiger partial charge in [0.25, 0.3) is 5.91 Å². The highest BCUT2D eigenvalue weighted by molar-refractivity contribution is 5.85. The molecule has 1 aromatic carbocycles. The Morgan fingerprint density at radius 1 is 1.35 bits per heavy atom. The molecule has 23 heavy (non-hydrogen) atoms. The van der Waals surface area contributed by atoms with Gasteiger partial charge in [0.15, 0.2) is 6.61 Å². The topological polar surface area (TPSA) is 103 Å². The summed E-state index contributed by atoms with van der Waals surface area (Å²) in [5.41, 5.74) is -0.640. The molecule has 0 aliphatic heterocycles. The second-order valence-electron chi connectivity index (χ2n) is 4.25. The highest BCUT2D eigenvalue weighted by atomic mass is 35.5. The first kappa shape index (κ1) is 21.0. The van der Waals surface area contributed by atoms with Gasteiger partial charge < -0.3 is 20.1 Å². The summed E-state index contributed by atoms with van der Waals surface area (Å²) < 4.78 is 23.2. The van der Waals surface area contributed by atoms with Crippen molar-refractivity contribution < 1.29 is 23.6 Å². The minimum absolute atomic E-state index is 0. The first-order valence-corrected chi connectivity index (χ1v) is 6.57. The van der Waals surface area contributed by atoms with Crippen LogP contribution in [0.5, 0.6) is 5.75 Å². The van der Waals surface area contributed by atoms with Gasteiger partial charge in [0, 0.05) is 38.9 Å². The van der Waals surface area contributed by atoms with Crippen LogP contribution in [-0.4, -0.2) is 50.8 Å². The molecule has 0 fully saturated rings. The van der Waals surface area contributed by atoms with Crippen molar-refractivity contribution in [1.82, 2.24) is 10.6 Å². The van der Waals surface area contributed by atoms with Crippen LogP contribution in [0.1, 0.15) is 0 Å². The Hall–Kier alpha value is -1.97. The fourth-order valence-corrected chi connectivity index (χ4v) is 1.51. The quantitative estimate of drug-likeness (QED) is 0.368. The molecule has 0 aliphatic carbocycles. The van der Waals surface area contributed by atoms with E-state index in [2.05, 4.69) is 10.6 Å². The third-order valence-electron chi connectivity index (χ3n) is 2.59. The summed E-state index contributed by atoms with van der Waals surface area (Å²) in [6, 6.07) is 3.10. The lowest BCUT2D eigenvalue weighted by Crippen LogP contribution is -2.35. The third-order valence-corrected chi connectivity index (χ3v) is 2.59. The molecule has 130 valence electrons. The number of nitro benzene ring substituents is 1. The fourth-order valence-electron chi connectivity index (χ4n) is 1.51. The zero-order chi connectivity index (χ0) is 16.4. The van der Waals surface area contributed by atoms with Crippen molar-refractivity contribution in [3.63, 3.8) is 0 Å². The Morgan fingerprint density at radius 2 is 2.09 bits per heavy atom.